The van der Waals surface area contributed by atoms with Crippen molar-refractivity contribution in [3.8, 4) is 27.9 Å². The van der Waals surface area contributed by atoms with Crippen molar-refractivity contribution in [2.45, 2.75) is 6.18 Å². The maximum absolute atomic E-state index is 13.1. The van der Waals surface area contributed by atoms with E-state index in [1.807, 2.05) is 0 Å². The topological polar surface area (TPSA) is 137 Å². The van der Waals surface area contributed by atoms with Crippen LogP contribution in [-0.2, 0) is 6.18 Å². The minimum absolute atomic E-state index is 0.0541. The van der Waals surface area contributed by atoms with Gasteiger partial charge in [0.05, 0.1) is 48.2 Å². The zero-order valence-corrected chi connectivity index (χ0v) is 21.6. The van der Waals surface area contributed by atoms with Gasteiger partial charge in [0.15, 0.2) is 16.6 Å². The van der Waals surface area contributed by atoms with Gasteiger partial charge in [0, 0.05) is 17.7 Å². The molecule has 39 heavy (non-hydrogen) atoms. The number of ether oxygens (including phenoxy) is 2. The molecule has 10 nitrogen and oxygen atoms in total. The van der Waals surface area contributed by atoms with Crippen molar-refractivity contribution in [1.82, 2.24) is 19.5 Å². The van der Waals surface area contributed by atoms with E-state index in [0.717, 1.165) is 34.8 Å². The van der Waals surface area contributed by atoms with Gasteiger partial charge in [-0.3, -0.25) is 9.55 Å². The summed E-state index contributed by atoms with van der Waals surface area (Å²) in [4.78, 5) is 34.1. The first-order valence-corrected chi connectivity index (χ1v) is 12.4. The van der Waals surface area contributed by atoms with Gasteiger partial charge in [0.25, 0.3) is 0 Å². The predicted molar refractivity (Wildman–Crippen MR) is 136 cm³/mol. The van der Waals surface area contributed by atoms with Crippen LogP contribution in [0.1, 0.15) is 24.9 Å². The Balaban J connectivity index is 0.000000379. The van der Waals surface area contributed by atoms with Crippen LogP contribution in [0.4, 0.5) is 13.2 Å². The van der Waals surface area contributed by atoms with E-state index in [9.17, 15) is 27.9 Å². The maximum atomic E-state index is 13.1. The fourth-order valence-corrected chi connectivity index (χ4v) is 4.77. The van der Waals surface area contributed by atoms with E-state index in [2.05, 4.69) is 15.0 Å². The largest absolute Gasteiger partial charge is 0.493 e. The normalized spacial score (nSPS) is 11.1. The summed E-state index contributed by atoms with van der Waals surface area (Å²) in [5.74, 6) is -1.30. The van der Waals surface area contributed by atoms with Gasteiger partial charge in [-0.1, -0.05) is 23.5 Å². The van der Waals surface area contributed by atoms with Gasteiger partial charge in [0.1, 0.15) is 16.1 Å². The lowest BCUT2D eigenvalue weighted by Crippen LogP contribution is -2.05. The summed E-state index contributed by atoms with van der Waals surface area (Å²) in [6, 6.07) is 7.72. The second-order valence-electron chi connectivity index (χ2n) is 7.54. The van der Waals surface area contributed by atoms with E-state index < -0.39 is 23.7 Å². The van der Waals surface area contributed by atoms with Crippen LogP contribution in [0.25, 0.3) is 27.4 Å². The van der Waals surface area contributed by atoms with Crippen LogP contribution in [-0.4, -0.2) is 55.9 Å². The molecule has 0 aliphatic rings. The van der Waals surface area contributed by atoms with E-state index in [0.29, 0.717) is 22.5 Å². The number of fused-ring (bicyclic) bond motifs is 1. The molecular formula is C24H17F3N4O6S2. The fourth-order valence-electron chi connectivity index (χ4n) is 3.41. The molecule has 0 aliphatic heterocycles. The molecule has 5 aromatic rings. The molecule has 202 valence electrons. The molecule has 0 amide bonds. The van der Waals surface area contributed by atoms with Crippen molar-refractivity contribution >= 4 is 45.6 Å². The predicted octanol–water partition coefficient (Wildman–Crippen LogP) is 5.72. The molecule has 0 aliphatic carbocycles. The highest BCUT2D eigenvalue weighted by Gasteiger charge is 2.31. The number of hydrogen-bond acceptors (Lipinski definition) is 9. The first-order valence-electron chi connectivity index (χ1n) is 10.7. The summed E-state index contributed by atoms with van der Waals surface area (Å²) in [6.07, 6.45) is -1.79. The molecule has 2 aromatic carbocycles. The highest BCUT2D eigenvalue weighted by molar-refractivity contribution is 7.16. The first kappa shape index (κ1) is 27.5. The Bertz CT molecular complexity index is 1650. The Kier molecular flexibility index (Phi) is 7.83. The molecule has 0 spiro atoms. The monoisotopic (exact) mass is 578 g/mol. The second kappa shape index (κ2) is 11.1. The van der Waals surface area contributed by atoms with Crippen molar-refractivity contribution in [2.75, 3.05) is 14.2 Å². The fraction of sp³-hybridized carbons (Fsp3) is 0.125. The number of thiazole rings is 2. The molecule has 0 radical (unpaired) electrons. The number of carboxylic acids is 2. The van der Waals surface area contributed by atoms with Crippen molar-refractivity contribution in [3.63, 3.8) is 0 Å². The first-order chi connectivity index (χ1) is 18.5. The van der Waals surface area contributed by atoms with E-state index in [-0.39, 0.29) is 26.1 Å². The molecule has 0 saturated carbocycles. The number of hydrogen-bond donors (Lipinski definition) is 2. The number of carbonyl (C=O) groups is 2. The Morgan fingerprint density at radius 2 is 1.74 bits per heavy atom. The molecule has 0 atom stereocenters. The summed E-state index contributed by atoms with van der Waals surface area (Å²) < 4.78 is 51.4. The molecule has 0 bridgehead atoms. The minimum Gasteiger partial charge on any atom is -0.493 e. The van der Waals surface area contributed by atoms with Crippen LogP contribution in [0, 0.1) is 0 Å². The summed E-state index contributed by atoms with van der Waals surface area (Å²) in [7, 11) is 2.96. The average Bonchev–Trinajstić information content (AvgIpc) is 3.67. The number of rotatable bonds is 6. The van der Waals surface area contributed by atoms with Crippen LogP contribution in [0.3, 0.4) is 0 Å². The Labute approximate surface area is 225 Å². The van der Waals surface area contributed by atoms with Gasteiger partial charge in [-0.25, -0.2) is 19.6 Å². The molecule has 3 heterocycles. The van der Waals surface area contributed by atoms with E-state index >= 15 is 0 Å². The number of benzene rings is 2. The second-order valence-corrected chi connectivity index (χ2v) is 9.40. The number of nitrogens with zero attached hydrogens (tertiary/aromatic N) is 4. The molecular weight excluding hydrogens is 561 g/mol. The van der Waals surface area contributed by atoms with Crippen LogP contribution < -0.4 is 9.47 Å². The molecule has 2 N–H and O–H groups in total. The maximum Gasteiger partial charge on any atom is 0.416 e. The number of methoxy groups -OCH3 is 2. The number of aromatic nitrogens is 4. The molecule has 0 unspecified atom stereocenters. The van der Waals surface area contributed by atoms with Gasteiger partial charge in [-0.05, 0) is 12.1 Å². The third kappa shape index (κ3) is 5.83. The van der Waals surface area contributed by atoms with Crippen molar-refractivity contribution in [3.05, 3.63) is 69.8 Å². The third-order valence-electron chi connectivity index (χ3n) is 5.18. The van der Waals surface area contributed by atoms with Gasteiger partial charge in [-0.2, -0.15) is 13.2 Å². The van der Waals surface area contributed by atoms with Gasteiger partial charge < -0.3 is 19.7 Å². The van der Waals surface area contributed by atoms with Crippen LogP contribution in [0.2, 0.25) is 0 Å². The van der Waals surface area contributed by atoms with Gasteiger partial charge >= 0.3 is 18.1 Å². The summed E-state index contributed by atoms with van der Waals surface area (Å²) in [5, 5.41) is 18.1. The van der Waals surface area contributed by atoms with Crippen molar-refractivity contribution < 1.29 is 42.4 Å². The van der Waals surface area contributed by atoms with E-state index in [1.165, 1.54) is 44.4 Å². The third-order valence-corrected chi connectivity index (χ3v) is 6.98. The Morgan fingerprint density at radius 1 is 1.03 bits per heavy atom. The number of imidazole rings is 1. The quantitative estimate of drug-likeness (QED) is 0.259. The number of halogens is 3. The summed E-state index contributed by atoms with van der Waals surface area (Å²) >= 11 is 1.95. The van der Waals surface area contributed by atoms with Crippen LogP contribution >= 0.6 is 22.7 Å². The molecule has 15 heteroatoms. The van der Waals surface area contributed by atoms with Crippen LogP contribution in [0.15, 0.2) is 54.4 Å². The zero-order valence-electron chi connectivity index (χ0n) is 20.0. The zero-order chi connectivity index (χ0) is 28.3. The SMILES string of the molecule is COc1cc2ncn(-c3nc(-c4cccc(C(F)(F)F)c4)c(C(=O)O)s3)c2cc1OC.O=C(O)c1cncs1. The van der Waals surface area contributed by atoms with Gasteiger partial charge in [-0.15, -0.1) is 11.3 Å². The lowest BCUT2D eigenvalue weighted by Gasteiger charge is -2.08. The van der Waals surface area contributed by atoms with Gasteiger partial charge in [0.2, 0.25) is 0 Å². The summed E-state index contributed by atoms with van der Waals surface area (Å²) in [5.41, 5.74) is 1.72. The standard InChI is InChI=1S/C20H14F3N3O4S.C4H3NO2S/c1-29-14-7-12-13(8-15(14)30-2)26(9-24-12)19-25-16(17(31-19)18(27)28)10-4-3-5-11(6-10)20(21,22)23;6-4(7)3-1-5-2-8-3/h3-9H,1-2H3,(H,27,28);1-2H,(H,6,7). The lowest BCUT2D eigenvalue weighted by molar-refractivity contribution is -0.137. The molecule has 3 aromatic heterocycles. The van der Waals surface area contributed by atoms with E-state index in [4.69, 9.17) is 14.6 Å². The van der Waals surface area contributed by atoms with Crippen molar-refractivity contribution in [1.29, 1.82) is 0 Å². The van der Waals surface area contributed by atoms with E-state index in [1.54, 1.807) is 16.7 Å². The Morgan fingerprint density at radius 3 is 2.31 bits per heavy atom. The number of carboxylic acid groups (broad SMARTS) is 2. The number of aromatic carboxylic acids is 2. The average molecular weight is 579 g/mol. The number of alkyl halides is 3. The summed E-state index contributed by atoms with van der Waals surface area (Å²) in [6.45, 7) is 0. The highest BCUT2D eigenvalue weighted by Crippen LogP contribution is 2.37. The Hall–Kier alpha value is -4.50. The minimum atomic E-state index is -4.56. The molecule has 5 rings (SSSR count). The smallest absolute Gasteiger partial charge is 0.416 e. The highest BCUT2D eigenvalue weighted by atomic mass is 32.1. The lowest BCUT2D eigenvalue weighted by atomic mass is 10.1. The van der Waals surface area contributed by atoms with Crippen LogP contribution in [0.5, 0.6) is 11.5 Å². The van der Waals surface area contributed by atoms with Crippen molar-refractivity contribution in [2.24, 2.45) is 0 Å². The molecule has 0 fully saturated rings. The molecule has 0 saturated heterocycles.